The van der Waals surface area contributed by atoms with Crippen molar-refractivity contribution in [2.45, 2.75) is 38.8 Å². The number of piperidine rings is 1. The van der Waals surface area contributed by atoms with Crippen LogP contribution in [0.1, 0.15) is 31.1 Å². The van der Waals surface area contributed by atoms with Crippen molar-refractivity contribution in [3.05, 3.63) is 21.3 Å². The van der Waals surface area contributed by atoms with E-state index >= 15 is 0 Å². The van der Waals surface area contributed by atoms with Crippen LogP contribution in [0.2, 0.25) is 4.34 Å². The highest BCUT2D eigenvalue weighted by atomic mass is 35.5. The minimum absolute atomic E-state index is 0.0925. The van der Waals surface area contributed by atoms with E-state index in [0.29, 0.717) is 0 Å². The minimum atomic E-state index is -0.0925. The van der Waals surface area contributed by atoms with Crippen molar-refractivity contribution in [2.24, 2.45) is 4.99 Å². The number of guanidine groups is 1. The molecule has 0 saturated carbocycles. The topological polar surface area (TPSA) is 54.3 Å². The molecule has 158 valence electrons. The molecular formula is C20H34ClN5OS. The Labute approximate surface area is 178 Å². The van der Waals surface area contributed by atoms with Gasteiger partial charge in [0, 0.05) is 63.8 Å². The zero-order chi connectivity index (χ0) is 19.8. The lowest BCUT2D eigenvalue weighted by Gasteiger charge is -2.36. The molecule has 2 saturated heterocycles. The highest BCUT2D eigenvalue weighted by Gasteiger charge is 2.20. The van der Waals surface area contributed by atoms with Crippen molar-refractivity contribution in [3.8, 4) is 0 Å². The van der Waals surface area contributed by atoms with Crippen molar-refractivity contribution >= 4 is 28.9 Å². The highest BCUT2D eigenvalue weighted by molar-refractivity contribution is 7.16. The number of piperazine rings is 1. The molecule has 2 fully saturated rings. The largest absolute Gasteiger partial charge is 0.393 e. The highest BCUT2D eigenvalue weighted by Crippen LogP contribution is 2.23. The second-order valence-corrected chi connectivity index (χ2v) is 9.43. The Morgan fingerprint density at radius 1 is 1.18 bits per heavy atom. The summed E-state index contributed by atoms with van der Waals surface area (Å²) in [7, 11) is 0. The second-order valence-electron chi connectivity index (χ2n) is 7.63. The first-order valence-electron chi connectivity index (χ1n) is 10.5. The van der Waals surface area contributed by atoms with E-state index in [9.17, 15) is 5.11 Å². The number of aliphatic imine (C=N–C) groups is 1. The van der Waals surface area contributed by atoms with Gasteiger partial charge in [-0.25, -0.2) is 0 Å². The van der Waals surface area contributed by atoms with E-state index < -0.39 is 0 Å². The first-order chi connectivity index (χ1) is 13.6. The van der Waals surface area contributed by atoms with Gasteiger partial charge in [0.25, 0.3) is 0 Å². The normalized spacial score (nSPS) is 20.7. The number of aliphatic hydroxyl groups excluding tert-OH is 1. The fraction of sp³-hybridized carbons (Fsp3) is 0.750. The molecule has 0 aliphatic carbocycles. The fourth-order valence-electron chi connectivity index (χ4n) is 3.82. The molecule has 2 aliphatic heterocycles. The maximum absolute atomic E-state index is 9.61. The summed E-state index contributed by atoms with van der Waals surface area (Å²) in [6.45, 7) is 12.1. The molecule has 0 spiro atoms. The van der Waals surface area contributed by atoms with Crippen LogP contribution in [0.4, 0.5) is 0 Å². The van der Waals surface area contributed by atoms with Gasteiger partial charge < -0.3 is 20.2 Å². The molecule has 2 N–H and O–H groups in total. The predicted octanol–water partition coefficient (Wildman–Crippen LogP) is 2.33. The summed E-state index contributed by atoms with van der Waals surface area (Å²) < 4.78 is 0.871. The van der Waals surface area contributed by atoms with Crippen LogP contribution in [0, 0.1) is 0 Å². The Morgan fingerprint density at radius 3 is 2.57 bits per heavy atom. The van der Waals surface area contributed by atoms with Crippen LogP contribution in [0.15, 0.2) is 17.1 Å². The third-order valence-electron chi connectivity index (χ3n) is 5.47. The van der Waals surface area contributed by atoms with E-state index in [0.717, 1.165) is 95.0 Å². The number of halogens is 1. The molecule has 0 aromatic carbocycles. The van der Waals surface area contributed by atoms with Gasteiger partial charge in [0.2, 0.25) is 0 Å². The van der Waals surface area contributed by atoms with Crippen LogP contribution in [-0.2, 0) is 6.54 Å². The van der Waals surface area contributed by atoms with Gasteiger partial charge in [-0.2, -0.15) is 0 Å². The lowest BCUT2D eigenvalue weighted by atomic mass is 10.1. The molecule has 1 aromatic heterocycles. The SMILES string of the molecule is CCNC(=NCCCN1CCC(O)CC1)N1CCN(Cc2ccc(Cl)s2)CC1. The van der Waals surface area contributed by atoms with Crippen molar-refractivity contribution in [2.75, 3.05) is 58.9 Å². The number of rotatable bonds is 7. The Kier molecular flexibility index (Phi) is 8.86. The predicted molar refractivity (Wildman–Crippen MR) is 118 cm³/mol. The van der Waals surface area contributed by atoms with Crippen LogP contribution in [-0.4, -0.2) is 90.8 Å². The van der Waals surface area contributed by atoms with Crippen LogP contribution >= 0.6 is 22.9 Å². The summed E-state index contributed by atoms with van der Waals surface area (Å²) in [5.41, 5.74) is 0. The third kappa shape index (κ3) is 6.88. The summed E-state index contributed by atoms with van der Waals surface area (Å²) in [5, 5.41) is 13.1. The van der Waals surface area contributed by atoms with Crippen molar-refractivity contribution in [3.63, 3.8) is 0 Å². The summed E-state index contributed by atoms with van der Waals surface area (Å²) in [6, 6.07) is 4.12. The van der Waals surface area contributed by atoms with Crippen LogP contribution in [0.5, 0.6) is 0 Å². The molecule has 2 aliphatic rings. The van der Waals surface area contributed by atoms with Crippen LogP contribution < -0.4 is 5.32 Å². The molecule has 0 atom stereocenters. The van der Waals surface area contributed by atoms with Crippen LogP contribution in [0.25, 0.3) is 0 Å². The monoisotopic (exact) mass is 427 g/mol. The van der Waals surface area contributed by atoms with Gasteiger partial charge in [-0.1, -0.05) is 11.6 Å². The Morgan fingerprint density at radius 2 is 1.93 bits per heavy atom. The zero-order valence-corrected chi connectivity index (χ0v) is 18.5. The maximum atomic E-state index is 9.61. The van der Waals surface area contributed by atoms with Crippen molar-refractivity contribution < 1.29 is 5.11 Å². The van der Waals surface area contributed by atoms with Gasteiger partial charge in [-0.15, -0.1) is 11.3 Å². The lowest BCUT2D eigenvalue weighted by molar-refractivity contribution is 0.0824. The number of nitrogens with zero attached hydrogens (tertiary/aromatic N) is 4. The lowest BCUT2D eigenvalue weighted by Crippen LogP contribution is -2.52. The molecule has 28 heavy (non-hydrogen) atoms. The van der Waals surface area contributed by atoms with E-state index in [1.807, 2.05) is 6.07 Å². The molecule has 1 aromatic rings. The average molecular weight is 428 g/mol. The van der Waals surface area contributed by atoms with Crippen LogP contribution in [0.3, 0.4) is 0 Å². The Bertz CT molecular complexity index is 609. The van der Waals surface area contributed by atoms with E-state index in [4.69, 9.17) is 16.6 Å². The summed E-state index contributed by atoms with van der Waals surface area (Å²) >= 11 is 7.73. The van der Waals surface area contributed by atoms with Gasteiger partial charge in [0.15, 0.2) is 5.96 Å². The third-order valence-corrected chi connectivity index (χ3v) is 6.68. The molecule has 8 heteroatoms. The summed E-state index contributed by atoms with van der Waals surface area (Å²) in [6.07, 6.45) is 2.80. The van der Waals surface area contributed by atoms with E-state index in [1.54, 1.807) is 11.3 Å². The van der Waals surface area contributed by atoms with Gasteiger partial charge >= 0.3 is 0 Å². The number of nitrogens with one attached hydrogen (secondary N) is 1. The van der Waals surface area contributed by atoms with Gasteiger partial charge in [0.1, 0.15) is 0 Å². The van der Waals surface area contributed by atoms with Gasteiger partial charge in [-0.3, -0.25) is 9.89 Å². The first-order valence-corrected chi connectivity index (χ1v) is 11.7. The van der Waals surface area contributed by atoms with Crippen molar-refractivity contribution in [1.29, 1.82) is 0 Å². The molecule has 0 radical (unpaired) electrons. The zero-order valence-electron chi connectivity index (χ0n) is 16.9. The Hall–Kier alpha value is -0.860. The Balaban J connectivity index is 1.40. The van der Waals surface area contributed by atoms with E-state index in [-0.39, 0.29) is 6.10 Å². The first kappa shape index (κ1) is 21.8. The molecular weight excluding hydrogens is 394 g/mol. The number of aliphatic hydroxyl groups is 1. The molecule has 0 bridgehead atoms. The number of hydrogen-bond acceptors (Lipinski definition) is 5. The van der Waals surface area contributed by atoms with Crippen molar-refractivity contribution in [1.82, 2.24) is 20.0 Å². The molecule has 0 unspecified atom stereocenters. The average Bonchev–Trinajstić information content (AvgIpc) is 3.11. The molecule has 3 rings (SSSR count). The minimum Gasteiger partial charge on any atom is -0.393 e. The second kappa shape index (κ2) is 11.4. The quantitative estimate of drug-likeness (QED) is 0.397. The molecule has 0 amide bonds. The number of likely N-dealkylation sites (tertiary alicyclic amines) is 1. The summed E-state index contributed by atoms with van der Waals surface area (Å²) in [4.78, 5) is 13.5. The number of thiophene rings is 1. The molecule has 6 nitrogen and oxygen atoms in total. The smallest absolute Gasteiger partial charge is 0.194 e. The summed E-state index contributed by atoms with van der Waals surface area (Å²) in [5.74, 6) is 1.05. The van der Waals surface area contributed by atoms with E-state index in [1.165, 1.54) is 4.88 Å². The van der Waals surface area contributed by atoms with Gasteiger partial charge in [-0.05, 0) is 44.9 Å². The standard InChI is InChI=1S/C20H34ClN5OS/c1-2-22-20(23-8-3-9-24-10-6-17(27)7-11-24)26-14-12-25(13-15-26)16-18-4-5-19(21)28-18/h4-5,17,27H,2-3,6-16H2,1H3,(H,22,23). The molecule has 3 heterocycles. The van der Waals surface area contributed by atoms with E-state index in [2.05, 4.69) is 33.0 Å². The maximum Gasteiger partial charge on any atom is 0.194 e. The number of hydrogen-bond donors (Lipinski definition) is 2. The fourth-order valence-corrected chi connectivity index (χ4v) is 4.95. The van der Waals surface area contributed by atoms with Gasteiger partial charge in [0.05, 0.1) is 10.4 Å².